The summed E-state index contributed by atoms with van der Waals surface area (Å²) in [4.78, 5) is 0. The molecule has 2 unspecified atom stereocenters. The molecule has 17 heteroatoms. The fourth-order valence-corrected chi connectivity index (χ4v) is 5.73. The van der Waals surface area contributed by atoms with Crippen LogP contribution in [0.15, 0.2) is 0 Å². The molecule has 0 amide bonds. The van der Waals surface area contributed by atoms with E-state index in [1.165, 1.54) is 64.2 Å². The minimum absolute atomic E-state index is 0. The van der Waals surface area contributed by atoms with Gasteiger partial charge in [-0.2, -0.15) is 0 Å². The van der Waals surface area contributed by atoms with Gasteiger partial charge in [-0.3, -0.25) is 0 Å². The van der Waals surface area contributed by atoms with Gasteiger partial charge >= 0.3 is 59.1 Å². The molecule has 296 valence electrons. The zero-order chi connectivity index (χ0) is 36.3. The Bertz CT molecular complexity index is 844. The Labute approximate surface area is 355 Å². The molecule has 13 nitrogen and oxygen atoms in total. The van der Waals surface area contributed by atoms with Crippen LogP contribution in [0.4, 0.5) is 0 Å². The van der Waals surface area contributed by atoms with E-state index in [-0.39, 0.29) is 112 Å². The van der Waals surface area contributed by atoms with Gasteiger partial charge in [0.1, 0.15) is 0 Å². The Morgan fingerprint density at radius 3 is 0.980 bits per heavy atom. The first-order valence-corrected chi connectivity index (χ1v) is 21.8. The van der Waals surface area contributed by atoms with E-state index in [9.17, 15) is 25.9 Å². The normalized spacial score (nSPS) is 13.1. The summed E-state index contributed by atoms with van der Waals surface area (Å²) in [7, 11) is -8.58. The van der Waals surface area contributed by atoms with Crippen molar-refractivity contribution in [2.45, 2.75) is 142 Å². The van der Waals surface area contributed by atoms with Gasteiger partial charge in [0.15, 0.2) is 12.6 Å². The predicted molar refractivity (Wildman–Crippen MR) is 187 cm³/mol. The maximum atomic E-state index is 10.9. The smallest absolute Gasteiger partial charge is 0.748 e. The first kappa shape index (κ1) is 56.9. The van der Waals surface area contributed by atoms with Gasteiger partial charge in [0, 0.05) is 24.7 Å². The van der Waals surface area contributed by atoms with Crippen LogP contribution in [0.2, 0.25) is 0 Å². The maximum Gasteiger partial charge on any atom is 1.00 e. The molecule has 0 aliphatic heterocycles. The summed E-state index contributed by atoms with van der Waals surface area (Å²) in [6.07, 6.45) is 17.6. The van der Waals surface area contributed by atoms with E-state index in [1.807, 2.05) is 0 Å². The Kier molecular flexibility index (Phi) is 45.9. The quantitative estimate of drug-likeness (QED) is 0.0349. The van der Waals surface area contributed by atoms with Crippen molar-refractivity contribution >= 4 is 20.2 Å². The van der Waals surface area contributed by atoms with Gasteiger partial charge in [0.05, 0.1) is 73.1 Å². The number of hydrogen-bond acceptors (Lipinski definition) is 13. The topological polar surface area (TPSA) is 179 Å². The van der Waals surface area contributed by atoms with E-state index in [0.29, 0.717) is 26.4 Å². The molecule has 0 fully saturated rings. The van der Waals surface area contributed by atoms with Gasteiger partial charge in [0.25, 0.3) is 0 Å². The third kappa shape index (κ3) is 47.6. The van der Waals surface area contributed by atoms with Gasteiger partial charge in [-0.05, 0) is 25.7 Å². The van der Waals surface area contributed by atoms with Crippen LogP contribution < -0.4 is 59.1 Å². The molecule has 2 atom stereocenters. The third-order valence-corrected chi connectivity index (χ3v) is 9.12. The first-order chi connectivity index (χ1) is 23.6. The minimum Gasteiger partial charge on any atom is -0.748 e. The van der Waals surface area contributed by atoms with Crippen molar-refractivity contribution in [1.29, 1.82) is 0 Å². The Morgan fingerprint density at radius 1 is 0.392 bits per heavy atom. The van der Waals surface area contributed by atoms with Crippen LogP contribution >= 0.6 is 0 Å². The molecular weight excluding hydrogens is 726 g/mol. The average molecular weight is 795 g/mol. The Balaban J connectivity index is -0.0000115. The van der Waals surface area contributed by atoms with Gasteiger partial charge in [-0.1, -0.05) is 104 Å². The molecular formula is C34H68Na2O13S2. The van der Waals surface area contributed by atoms with Gasteiger partial charge < -0.3 is 42.3 Å². The fourth-order valence-electron chi connectivity index (χ4n) is 4.79. The molecule has 0 saturated carbocycles. The number of hydrogen-bond donors (Lipinski definition) is 0. The van der Waals surface area contributed by atoms with Crippen LogP contribution in [0.25, 0.3) is 0 Å². The van der Waals surface area contributed by atoms with Crippen molar-refractivity contribution in [3.63, 3.8) is 0 Å². The number of unbranched alkanes of at least 4 members (excludes halogenated alkanes) is 14. The first-order valence-electron chi connectivity index (χ1n) is 18.6. The van der Waals surface area contributed by atoms with E-state index < -0.39 is 44.3 Å². The van der Waals surface area contributed by atoms with E-state index in [4.69, 9.17) is 33.2 Å². The van der Waals surface area contributed by atoms with Crippen molar-refractivity contribution in [2.75, 3.05) is 77.6 Å². The van der Waals surface area contributed by atoms with Crippen LogP contribution in [0.3, 0.4) is 0 Å². The van der Waals surface area contributed by atoms with Crippen LogP contribution in [0.5, 0.6) is 0 Å². The molecule has 51 heavy (non-hydrogen) atoms. The molecule has 0 aliphatic carbocycles. The van der Waals surface area contributed by atoms with Gasteiger partial charge in [0.2, 0.25) is 0 Å². The monoisotopic (exact) mass is 794 g/mol. The van der Waals surface area contributed by atoms with E-state index >= 15 is 0 Å². The second-order valence-corrected chi connectivity index (χ2v) is 15.3. The summed E-state index contributed by atoms with van der Waals surface area (Å²) < 4.78 is 105. The molecule has 0 heterocycles. The molecule has 0 aromatic rings. The number of rotatable bonds is 40. The average Bonchev–Trinajstić information content (AvgIpc) is 3.04. The predicted octanol–water partition coefficient (Wildman–Crippen LogP) is -0.0852. The largest absolute Gasteiger partial charge is 1.00 e. The summed E-state index contributed by atoms with van der Waals surface area (Å²) >= 11 is 0. The van der Waals surface area contributed by atoms with Gasteiger partial charge in [-0.15, -0.1) is 0 Å². The molecule has 0 aromatic carbocycles. The van der Waals surface area contributed by atoms with Crippen molar-refractivity contribution < 1.29 is 118 Å². The molecule has 0 aliphatic rings. The van der Waals surface area contributed by atoms with Crippen molar-refractivity contribution in [3.05, 3.63) is 0 Å². The minimum atomic E-state index is -4.29. The van der Waals surface area contributed by atoms with Crippen molar-refractivity contribution in [2.24, 2.45) is 0 Å². The molecule has 0 bridgehead atoms. The molecule has 0 radical (unpaired) electrons. The summed E-state index contributed by atoms with van der Waals surface area (Å²) in [5.41, 5.74) is 0. The van der Waals surface area contributed by atoms with Crippen molar-refractivity contribution in [3.8, 4) is 0 Å². The second-order valence-electron chi connectivity index (χ2n) is 12.3. The SMILES string of the molecule is CCCCCCCCCCOC(COCCOCCOCC(OCCCCCCCCCC)OCCCS(=O)(=O)[O-])OCCCS(=O)(=O)[O-].[Na+].[Na+]. The molecule has 0 rings (SSSR count). The summed E-state index contributed by atoms with van der Waals surface area (Å²) in [5, 5.41) is 0. The van der Waals surface area contributed by atoms with Crippen molar-refractivity contribution in [1.82, 2.24) is 0 Å². The standard InChI is InChI=1S/C34H70O13S2.2Na/c1-3-5-7-9-11-13-15-17-21-44-33(46-23-19-29-48(35,36)37)31-42-27-25-41-26-28-43-32-34(47-24-20-30-49(38,39)40)45-22-18-16-14-12-10-8-6-4-2;;/h33-34H,3-32H2,1-2H3,(H,35,36,37)(H,38,39,40);;/q;2*+1/p-2. The van der Waals surface area contributed by atoms with Crippen LogP contribution in [0.1, 0.15) is 129 Å². The van der Waals surface area contributed by atoms with E-state index in [2.05, 4.69) is 13.8 Å². The van der Waals surface area contributed by atoms with Crippen LogP contribution in [0, 0.1) is 0 Å². The second kappa shape index (κ2) is 41.2. The Morgan fingerprint density at radius 2 is 0.667 bits per heavy atom. The van der Waals surface area contributed by atoms with E-state index in [0.717, 1.165) is 38.5 Å². The molecule has 0 N–H and O–H groups in total. The Hall–Kier alpha value is 1.54. The van der Waals surface area contributed by atoms with Crippen LogP contribution in [-0.4, -0.2) is 116 Å². The maximum absolute atomic E-state index is 10.9. The van der Waals surface area contributed by atoms with Crippen LogP contribution in [-0.2, 0) is 53.4 Å². The summed E-state index contributed by atoms with van der Waals surface area (Å²) in [5.74, 6) is -0.975. The fraction of sp³-hybridized carbons (Fsp3) is 1.00. The van der Waals surface area contributed by atoms with E-state index in [1.54, 1.807) is 0 Å². The zero-order valence-electron chi connectivity index (χ0n) is 32.5. The molecule has 0 aromatic heterocycles. The zero-order valence-corrected chi connectivity index (χ0v) is 38.1. The summed E-state index contributed by atoms with van der Waals surface area (Å²) in [6.45, 7) is 7.03. The molecule has 0 spiro atoms. The summed E-state index contributed by atoms with van der Waals surface area (Å²) in [6, 6.07) is 0. The molecule has 0 saturated heterocycles. The third-order valence-electron chi connectivity index (χ3n) is 7.54. The van der Waals surface area contributed by atoms with Gasteiger partial charge in [-0.25, -0.2) is 16.8 Å². The number of ether oxygens (including phenoxy) is 7.